The van der Waals surface area contributed by atoms with Crippen molar-refractivity contribution in [1.29, 1.82) is 0 Å². The summed E-state index contributed by atoms with van der Waals surface area (Å²) in [5.74, 6) is -1.11. The summed E-state index contributed by atoms with van der Waals surface area (Å²) in [7, 11) is 0. The standard InChI is InChI=1S/C12H22N2O5/c1-2-3-4-13(5-6-15)12(19)14-8-9(16)7-10(14)11(17)18/h9-10,15-16H,2-8H2,1H3,(H,17,18)/t9?,10-/m0/s1. The fourth-order valence-corrected chi connectivity index (χ4v) is 2.21. The molecule has 1 fully saturated rings. The quantitative estimate of drug-likeness (QED) is 0.618. The Hall–Kier alpha value is -1.34. The maximum atomic E-state index is 12.3. The molecule has 1 unspecified atom stereocenters. The van der Waals surface area contributed by atoms with E-state index in [2.05, 4.69) is 0 Å². The van der Waals surface area contributed by atoms with E-state index < -0.39 is 24.1 Å². The molecular formula is C12H22N2O5. The Morgan fingerprint density at radius 3 is 2.58 bits per heavy atom. The van der Waals surface area contributed by atoms with Crippen molar-refractivity contribution < 1.29 is 24.9 Å². The summed E-state index contributed by atoms with van der Waals surface area (Å²) in [4.78, 5) is 26.0. The number of carboxylic acid groups (broad SMARTS) is 1. The first-order valence-electron chi connectivity index (χ1n) is 6.58. The third-order valence-electron chi connectivity index (χ3n) is 3.23. The molecule has 7 heteroatoms. The second-order valence-corrected chi connectivity index (χ2v) is 4.74. The number of amides is 2. The Kier molecular flexibility index (Phi) is 6.04. The van der Waals surface area contributed by atoms with Gasteiger partial charge >= 0.3 is 12.0 Å². The highest BCUT2D eigenvalue weighted by Gasteiger charge is 2.40. The van der Waals surface area contributed by atoms with Crippen LogP contribution in [0.2, 0.25) is 0 Å². The molecule has 1 heterocycles. The Morgan fingerprint density at radius 1 is 1.37 bits per heavy atom. The third kappa shape index (κ3) is 4.07. The molecule has 0 spiro atoms. The smallest absolute Gasteiger partial charge is 0.326 e. The van der Waals surface area contributed by atoms with Gasteiger partial charge in [-0.25, -0.2) is 9.59 Å². The number of aliphatic hydroxyl groups excluding tert-OH is 2. The number of aliphatic carboxylic acids is 1. The summed E-state index contributed by atoms with van der Waals surface area (Å²) < 4.78 is 0. The normalized spacial score (nSPS) is 22.6. The lowest BCUT2D eigenvalue weighted by molar-refractivity contribution is -0.141. The lowest BCUT2D eigenvalue weighted by Crippen LogP contribution is -2.49. The van der Waals surface area contributed by atoms with Crippen LogP contribution in [0.3, 0.4) is 0 Å². The lowest BCUT2D eigenvalue weighted by Gasteiger charge is -2.29. The average molecular weight is 274 g/mol. The zero-order valence-electron chi connectivity index (χ0n) is 11.2. The molecule has 1 aliphatic heterocycles. The predicted octanol–water partition coefficient (Wildman–Crippen LogP) is -0.279. The SMILES string of the molecule is CCCCN(CCO)C(=O)N1CC(O)C[C@H]1C(=O)O. The van der Waals surface area contributed by atoms with E-state index in [1.54, 1.807) is 0 Å². The van der Waals surface area contributed by atoms with Gasteiger partial charge in [-0.2, -0.15) is 0 Å². The van der Waals surface area contributed by atoms with Crippen molar-refractivity contribution in [3.05, 3.63) is 0 Å². The number of nitrogens with zero attached hydrogens (tertiary/aromatic N) is 2. The number of rotatable bonds is 6. The van der Waals surface area contributed by atoms with E-state index in [1.807, 2.05) is 6.92 Å². The minimum Gasteiger partial charge on any atom is -0.480 e. The minimum absolute atomic E-state index is 0.0316. The van der Waals surface area contributed by atoms with E-state index >= 15 is 0 Å². The average Bonchev–Trinajstić information content (AvgIpc) is 2.76. The minimum atomic E-state index is -1.11. The van der Waals surface area contributed by atoms with Crippen LogP contribution >= 0.6 is 0 Å². The molecule has 19 heavy (non-hydrogen) atoms. The number of carboxylic acids is 1. The molecule has 110 valence electrons. The Labute approximate surface area is 112 Å². The summed E-state index contributed by atoms with van der Waals surface area (Å²) in [5, 5.41) is 27.6. The third-order valence-corrected chi connectivity index (χ3v) is 3.23. The molecule has 0 bridgehead atoms. The van der Waals surface area contributed by atoms with Gasteiger partial charge in [0, 0.05) is 26.1 Å². The van der Waals surface area contributed by atoms with Crippen LogP contribution in [0.25, 0.3) is 0 Å². The van der Waals surface area contributed by atoms with Crippen LogP contribution in [0.4, 0.5) is 4.79 Å². The van der Waals surface area contributed by atoms with Gasteiger partial charge in [0.2, 0.25) is 0 Å². The highest BCUT2D eigenvalue weighted by molar-refractivity contribution is 5.83. The fourth-order valence-electron chi connectivity index (χ4n) is 2.21. The number of β-amino-alcohol motifs (C(OH)–C–C–N with tert-alkyl or cyclic N) is 1. The van der Waals surface area contributed by atoms with Gasteiger partial charge in [0.05, 0.1) is 12.7 Å². The molecule has 0 aromatic rings. The van der Waals surface area contributed by atoms with Crippen LogP contribution in [-0.4, -0.2) is 75.5 Å². The highest BCUT2D eigenvalue weighted by atomic mass is 16.4. The Morgan fingerprint density at radius 2 is 2.05 bits per heavy atom. The topological polar surface area (TPSA) is 101 Å². The molecule has 1 rings (SSSR count). The second kappa shape index (κ2) is 7.30. The molecule has 0 saturated carbocycles. The van der Waals surface area contributed by atoms with Crippen molar-refractivity contribution in [2.75, 3.05) is 26.2 Å². The maximum Gasteiger partial charge on any atom is 0.326 e. The van der Waals surface area contributed by atoms with Crippen molar-refractivity contribution in [3.8, 4) is 0 Å². The molecule has 2 amide bonds. The van der Waals surface area contributed by atoms with Gasteiger partial charge in [0.15, 0.2) is 0 Å². The molecule has 0 aromatic carbocycles. The zero-order valence-corrected chi connectivity index (χ0v) is 11.2. The number of hydrogen-bond donors (Lipinski definition) is 3. The van der Waals surface area contributed by atoms with E-state index in [-0.39, 0.29) is 26.1 Å². The van der Waals surface area contributed by atoms with Crippen molar-refractivity contribution in [2.24, 2.45) is 0 Å². The van der Waals surface area contributed by atoms with Crippen LogP contribution < -0.4 is 0 Å². The molecule has 1 saturated heterocycles. The van der Waals surface area contributed by atoms with Crippen molar-refractivity contribution in [2.45, 2.75) is 38.3 Å². The summed E-state index contributed by atoms with van der Waals surface area (Å²) >= 11 is 0. The second-order valence-electron chi connectivity index (χ2n) is 4.74. The molecular weight excluding hydrogens is 252 g/mol. The molecule has 0 aliphatic carbocycles. The number of hydrogen-bond acceptors (Lipinski definition) is 4. The monoisotopic (exact) mass is 274 g/mol. The molecule has 7 nitrogen and oxygen atoms in total. The number of carbonyl (C=O) groups excluding carboxylic acids is 1. The van der Waals surface area contributed by atoms with Gasteiger partial charge < -0.3 is 25.1 Å². The van der Waals surface area contributed by atoms with Gasteiger partial charge in [0.1, 0.15) is 6.04 Å². The summed E-state index contributed by atoms with van der Waals surface area (Å²) in [5.41, 5.74) is 0. The fraction of sp³-hybridized carbons (Fsp3) is 0.833. The summed E-state index contributed by atoms with van der Waals surface area (Å²) in [6.07, 6.45) is 0.953. The van der Waals surface area contributed by atoms with Crippen molar-refractivity contribution >= 4 is 12.0 Å². The first kappa shape index (κ1) is 15.7. The van der Waals surface area contributed by atoms with Crippen LogP contribution in [0, 0.1) is 0 Å². The number of likely N-dealkylation sites (tertiary alicyclic amines) is 1. The number of carbonyl (C=O) groups is 2. The lowest BCUT2D eigenvalue weighted by atomic mass is 10.2. The number of unbranched alkanes of at least 4 members (excludes halogenated alkanes) is 1. The summed E-state index contributed by atoms with van der Waals surface area (Å²) in [6.45, 7) is 2.52. The molecule has 0 radical (unpaired) electrons. The summed E-state index contributed by atoms with van der Waals surface area (Å²) in [6, 6.07) is -1.41. The Balaban J connectivity index is 2.73. The van der Waals surface area contributed by atoms with Gasteiger partial charge in [0.25, 0.3) is 0 Å². The van der Waals surface area contributed by atoms with Crippen molar-refractivity contribution in [3.63, 3.8) is 0 Å². The Bertz CT molecular complexity index is 323. The van der Waals surface area contributed by atoms with Gasteiger partial charge in [-0.15, -0.1) is 0 Å². The predicted molar refractivity (Wildman–Crippen MR) is 67.7 cm³/mol. The van der Waals surface area contributed by atoms with Crippen LogP contribution in [0.5, 0.6) is 0 Å². The first-order valence-corrected chi connectivity index (χ1v) is 6.58. The van der Waals surface area contributed by atoms with Crippen LogP contribution in [0.15, 0.2) is 0 Å². The van der Waals surface area contributed by atoms with Crippen LogP contribution in [0.1, 0.15) is 26.2 Å². The van der Waals surface area contributed by atoms with Crippen molar-refractivity contribution in [1.82, 2.24) is 9.80 Å². The largest absolute Gasteiger partial charge is 0.480 e. The van der Waals surface area contributed by atoms with Crippen LogP contribution in [-0.2, 0) is 4.79 Å². The van der Waals surface area contributed by atoms with E-state index in [1.165, 1.54) is 9.80 Å². The van der Waals surface area contributed by atoms with Gasteiger partial charge in [-0.05, 0) is 6.42 Å². The highest BCUT2D eigenvalue weighted by Crippen LogP contribution is 2.20. The molecule has 2 atom stereocenters. The number of aliphatic hydroxyl groups is 2. The van der Waals surface area contributed by atoms with Gasteiger partial charge in [-0.3, -0.25) is 0 Å². The van der Waals surface area contributed by atoms with E-state index in [4.69, 9.17) is 10.2 Å². The first-order chi connectivity index (χ1) is 9.01. The van der Waals surface area contributed by atoms with E-state index in [9.17, 15) is 14.7 Å². The zero-order chi connectivity index (χ0) is 14.4. The van der Waals surface area contributed by atoms with E-state index in [0.717, 1.165) is 12.8 Å². The maximum absolute atomic E-state index is 12.3. The van der Waals surface area contributed by atoms with E-state index in [0.29, 0.717) is 6.54 Å². The molecule has 1 aliphatic rings. The van der Waals surface area contributed by atoms with Gasteiger partial charge in [-0.1, -0.05) is 13.3 Å². The molecule has 0 aromatic heterocycles. The number of urea groups is 1. The molecule has 3 N–H and O–H groups in total.